The van der Waals surface area contributed by atoms with E-state index in [2.05, 4.69) is 10.1 Å². The van der Waals surface area contributed by atoms with Crippen molar-refractivity contribution in [1.82, 2.24) is 5.32 Å². The summed E-state index contributed by atoms with van der Waals surface area (Å²) in [5.41, 5.74) is 1.98. The Hall–Kier alpha value is -2.14. The van der Waals surface area contributed by atoms with Gasteiger partial charge in [-0.25, -0.2) is 4.79 Å². The van der Waals surface area contributed by atoms with Crippen LogP contribution in [0.1, 0.15) is 88.3 Å². The highest BCUT2D eigenvalue weighted by molar-refractivity contribution is 5.86. The second kappa shape index (κ2) is 14.0. The minimum atomic E-state index is -0.380. The zero-order valence-electron chi connectivity index (χ0n) is 18.5. The molecule has 0 heterocycles. The molecule has 0 bridgehead atoms. The van der Waals surface area contributed by atoms with Crippen LogP contribution in [0.5, 0.6) is 0 Å². The predicted octanol–water partition coefficient (Wildman–Crippen LogP) is 5.35. The van der Waals surface area contributed by atoms with Crippen LogP contribution >= 0.6 is 0 Å². The maximum Gasteiger partial charge on any atom is 0.330 e. The van der Waals surface area contributed by atoms with Crippen LogP contribution < -0.4 is 5.32 Å². The Balaban J connectivity index is 0.000000456. The van der Waals surface area contributed by atoms with E-state index in [0.717, 1.165) is 36.8 Å². The molecule has 3 rings (SSSR count). The lowest BCUT2D eigenvalue weighted by molar-refractivity contribution is -0.147. The van der Waals surface area contributed by atoms with Gasteiger partial charge in [0.15, 0.2) is 0 Å². The maximum atomic E-state index is 11.8. The first-order valence-corrected chi connectivity index (χ1v) is 11.4. The molecular formula is C25H37NO4. The first-order chi connectivity index (χ1) is 14.6. The van der Waals surface area contributed by atoms with E-state index in [1.54, 1.807) is 6.08 Å². The van der Waals surface area contributed by atoms with Gasteiger partial charge in [0.05, 0.1) is 13.7 Å². The van der Waals surface area contributed by atoms with Crippen LogP contribution in [0.15, 0.2) is 30.3 Å². The predicted molar refractivity (Wildman–Crippen MR) is 120 cm³/mol. The number of hydrogen-bond acceptors (Lipinski definition) is 5. The summed E-state index contributed by atoms with van der Waals surface area (Å²) in [6.07, 6.45) is 16.5. The molecule has 1 N–H and O–H groups in total. The monoisotopic (exact) mass is 415 g/mol. The number of benzene rings is 1. The SMILES string of the molecule is C1CCCCC1.COC(=O)/C=C/c1ccc(C(C)NCC(=O)OC2CCCC2)cc1. The van der Waals surface area contributed by atoms with E-state index < -0.39 is 0 Å². The summed E-state index contributed by atoms with van der Waals surface area (Å²) in [6, 6.07) is 7.82. The van der Waals surface area contributed by atoms with E-state index in [4.69, 9.17) is 4.74 Å². The van der Waals surface area contributed by atoms with Gasteiger partial charge in [-0.1, -0.05) is 62.8 Å². The summed E-state index contributed by atoms with van der Waals surface area (Å²) >= 11 is 0. The third kappa shape index (κ3) is 9.57. The van der Waals surface area contributed by atoms with Gasteiger partial charge in [-0.15, -0.1) is 0 Å². The molecule has 2 saturated carbocycles. The molecule has 0 radical (unpaired) electrons. The summed E-state index contributed by atoms with van der Waals surface area (Å²) < 4.78 is 9.98. The fourth-order valence-electron chi connectivity index (χ4n) is 3.78. The number of methoxy groups -OCH3 is 1. The summed E-state index contributed by atoms with van der Waals surface area (Å²) in [7, 11) is 1.35. The van der Waals surface area contributed by atoms with Gasteiger partial charge in [-0.2, -0.15) is 0 Å². The van der Waals surface area contributed by atoms with E-state index in [-0.39, 0.29) is 30.6 Å². The normalized spacial score (nSPS) is 17.8. The highest BCUT2D eigenvalue weighted by atomic mass is 16.5. The van der Waals surface area contributed by atoms with Crippen LogP contribution in [0.3, 0.4) is 0 Å². The summed E-state index contributed by atoms with van der Waals surface area (Å²) in [5.74, 6) is -0.568. The minimum absolute atomic E-state index is 0.0414. The standard InChI is InChI=1S/C19H25NO4.C6H12/c1-14(20-13-19(22)24-17-5-3-4-6-17)16-10-7-15(8-11-16)9-12-18(21)23-2;1-2-4-6-5-3-1/h7-12,14,17,20H,3-6,13H2,1-2H3;1-6H2/b12-9+;. The van der Waals surface area contributed by atoms with Crippen molar-refractivity contribution in [3.63, 3.8) is 0 Å². The summed E-state index contributed by atoms with van der Waals surface area (Å²) in [4.78, 5) is 22.9. The molecule has 0 saturated heterocycles. The molecule has 2 fully saturated rings. The number of rotatable bonds is 7. The van der Waals surface area contributed by atoms with Crippen molar-refractivity contribution in [1.29, 1.82) is 0 Å². The molecule has 5 heteroatoms. The van der Waals surface area contributed by atoms with E-state index >= 15 is 0 Å². The van der Waals surface area contributed by atoms with Gasteiger partial charge in [0, 0.05) is 12.1 Å². The number of nitrogens with one attached hydrogen (secondary N) is 1. The zero-order chi connectivity index (χ0) is 21.6. The number of carbonyl (C=O) groups is 2. The smallest absolute Gasteiger partial charge is 0.330 e. The number of esters is 2. The van der Waals surface area contributed by atoms with Crippen LogP contribution in [-0.2, 0) is 19.1 Å². The van der Waals surface area contributed by atoms with E-state index in [1.165, 1.54) is 51.7 Å². The van der Waals surface area contributed by atoms with Crippen molar-refractivity contribution in [2.75, 3.05) is 13.7 Å². The Morgan fingerprint density at radius 1 is 1.00 bits per heavy atom. The van der Waals surface area contributed by atoms with E-state index in [1.807, 2.05) is 31.2 Å². The van der Waals surface area contributed by atoms with Gasteiger partial charge in [0.2, 0.25) is 0 Å². The summed E-state index contributed by atoms with van der Waals surface area (Å²) in [5, 5.41) is 3.18. The van der Waals surface area contributed by atoms with Gasteiger partial charge in [0.1, 0.15) is 6.10 Å². The molecule has 166 valence electrons. The van der Waals surface area contributed by atoms with Gasteiger partial charge >= 0.3 is 11.9 Å². The van der Waals surface area contributed by atoms with E-state index in [9.17, 15) is 9.59 Å². The van der Waals surface area contributed by atoms with Crippen LogP contribution in [0, 0.1) is 0 Å². The van der Waals surface area contributed by atoms with Crippen molar-refractivity contribution >= 4 is 18.0 Å². The van der Waals surface area contributed by atoms with E-state index in [0.29, 0.717) is 0 Å². The topological polar surface area (TPSA) is 64.6 Å². The largest absolute Gasteiger partial charge is 0.466 e. The van der Waals surface area contributed by atoms with Gasteiger partial charge in [0.25, 0.3) is 0 Å². The maximum absolute atomic E-state index is 11.8. The molecule has 0 amide bonds. The van der Waals surface area contributed by atoms with Gasteiger partial charge in [-0.3, -0.25) is 4.79 Å². The molecule has 0 aliphatic heterocycles. The quantitative estimate of drug-likeness (QED) is 0.480. The first kappa shape index (κ1) is 24.1. The second-order valence-corrected chi connectivity index (χ2v) is 8.14. The third-order valence-corrected chi connectivity index (χ3v) is 5.70. The van der Waals surface area contributed by atoms with Crippen LogP contribution in [0.2, 0.25) is 0 Å². The lowest BCUT2D eigenvalue weighted by Gasteiger charge is -2.16. The molecular weight excluding hydrogens is 378 g/mol. The van der Waals surface area contributed by atoms with Crippen molar-refractivity contribution in [2.45, 2.75) is 83.3 Å². The third-order valence-electron chi connectivity index (χ3n) is 5.70. The minimum Gasteiger partial charge on any atom is -0.466 e. The van der Waals surface area contributed by atoms with Gasteiger partial charge < -0.3 is 14.8 Å². The second-order valence-electron chi connectivity index (χ2n) is 8.14. The van der Waals surface area contributed by atoms with Crippen molar-refractivity contribution in [3.8, 4) is 0 Å². The highest BCUT2D eigenvalue weighted by Crippen LogP contribution is 2.21. The molecule has 2 aliphatic carbocycles. The molecule has 0 aromatic heterocycles. The van der Waals surface area contributed by atoms with Crippen LogP contribution in [0.4, 0.5) is 0 Å². The average molecular weight is 416 g/mol. The zero-order valence-corrected chi connectivity index (χ0v) is 18.5. The first-order valence-electron chi connectivity index (χ1n) is 11.4. The fraction of sp³-hybridized carbons (Fsp3) is 0.600. The van der Waals surface area contributed by atoms with Crippen LogP contribution in [-0.4, -0.2) is 31.7 Å². The Labute approximate surface area is 181 Å². The number of ether oxygens (including phenoxy) is 2. The van der Waals surface area contributed by atoms with Gasteiger partial charge in [-0.05, 0) is 49.8 Å². The molecule has 1 aromatic carbocycles. The fourth-order valence-corrected chi connectivity index (χ4v) is 3.78. The van der Waals surface area contributed by atoms with Crippen molar-refractivity contribution in [3.05, 3.63) is 41.5 Å². The Morgan fingerprint density at radius 2 is 1.57 bits per heavy atom. The molecule has 5 nitrogen and oxygen atoms in total. The van der Waals surface area contributed by atoms with Crippen molar-refractivity contribution < 1.29 is 19.1 Å². The highest BCUT2D eigenvalue weighted by Gasteiger charge is 2.19. The summed E-state index contributed by atoms with van der Waals surface area (Å²) in [6.45, 7) is 2.21. The molecule has 2 aliphatic rings. The molecule has 1 unspecified atom stereocenters. The Morgan fingerprint density at radius 3 is 2.10 bits per heavy atom. The molecule has 30 heavy (non-hydrogen) atoms. The van der Waals surface area contributed by atoms with Crippen LogP contribution in [0.25, 0.3) is 6.08 Å². The molecule has 1 atom stereocenters. The number of carbonyl (C=O) groups excluding carboxylic acids is 2. The lowest BCUT2D eigenvalue weighted by atomic mass is 10.0. The lowest BCUT2D eigenvalue weighted by Crippen LogP contribution is -2.29. The van der Waals surface area contributed by atoms with Crippen molar-refractivity contribution in [2.24, 2.45) is 0 Å². The molecule has 0 spiro atoms. The Bertz CT molecular complexity index is 647. The average Bonchev–Trinajstić information content (AvgIpc) is 3.30. The number of hydrogen-bond donors (Lipinski definition) is 1. The molecule has 1 aromatic rings. The Kier molecular flexibility index (Phi) is 11.2.